The highest BCUT2D eigenvalue weighted by Gasteiger charge is 2.20. The summed E-state index contributed by atoms with van der Waals surface area (Å²) in [5, 5.41) is 13.4. The number of fused-ring (bicyclic) bond motifs is 1. The number of para-hydroxylation sites is 1. The zero-order valence-corrected chi connectivity index (χ0v) is 13.4. The fourth-order valence-corrected chi connectivity index (χ4v) is 2.44. The van der Waals surface area contributed by atoms with E-state index in [4.69, 9.17) is 0 Å². The Balaban J connectivity index is 2.18. The number of hydrogen-bond donors (Lipinski definition) is 3. The minimum atomic E-state index is -0.599. The zero-order valence-electron chi connectivity index (χ0n) is 13.4. The van der Waals surface area contributed by atoms with Crippen LogP contribution in [0.25, 0.3) is 10.9 Å². The highest BCUT2D eigenvalue weighted by molar-refractivity contribution is 6.01. The summed E-state index contributed by atoms with van der Waals surface area (Å²) in [6, 6.07) is 6.81. The smallest absolute Gasteiger partial charge is 0.265 e. The predicted octanol–water partition coefficient (Wildman–Crippen LogP) is 1.23. The van der Waals surface area contributed by atoms with Crippen LogP contribution >= 0.6 is 0 Å². The number of aromatic nitrogens is 1. The predicted molar refractivity (Wildman–Crippen MR) is 90.6 cm³/mol. The van der Waals surface area contributed by atoms with E-state index in [2.05, 4.69) is 16.9 Å². The number of nitrogens with one attached hydrogen (secondary N) is 2. The van der Waals surface area contributed by atoms with E-state index in [9.17, 15) is 14.7 Å². The van der Waals surface area contributed by atoms with Gasteiger partial charge in [0.05, 0.1) is 39.2 Å². The summed E-state index contributed by atoms with van der Waals surface area (Å²) in [6.07, 6.45) is 1.82. The maximum atomic E-state index is 12.3. The Morgan fingerprint density at radius 2 is 2.09 bits per heavy atom. The molecule has 1 amide bonds. The van der Waals surface area contributed by atoms with Gasteiger partial charge in [-0.15, -0.1) is 0 Å². The molecule has 1 heterocycles. The van der Waals surface area contributed by atoms with Gasteiger partial charge in [-0.1, -0.05) is 18.7 Å². The normalized spacial score (nSPS) is 11.4. The molecule has 0 aliphatic rings. The number of nitrogens with zero attached hydrogens (tertiary/aromatic N) is 1. The van der Waals surface area contributed by atoms with Crippen LogP contribution in [0.1, 0.15) is 10.4 Å². The Hall–Kier alpha value is -2.60. The molecule has 0 saturated carbocycles. The van der Waals surface area contributed by atoms with Crippen molar-refractivity contribution in [2.75, 3.05) is 33.7 Å². The lowest BCUT2D eigenvalue weighted by atomic mass is 10.1. The molecule has 0 aliphatic heterocycles. The lowest BCUT2D eigenvalue weighted by Gasteiger charge is -2.28. The van der Waals surface area contributed by atoms with E-state index < -0.39 is 11.5 Å². The van der Waals surface area contributed by atoms with Crippen LogP contribution in [0, 0.1) is 0 Å². The van der Waals surface area contributed by atoms with Gasteiger partial charge in [-0.05, 0) is 18.2 Å². The molecule has 0 fully saturated rings. The van der Waals surface area contributed by atoms with E-state index in [0.29, 0.717) is 28.5 Å². The van der Waals surface area contributed by atoms with Crippen molar-refractivity contribution < 1.29 is 14.4 Å². The molecule has 3 N–H and O–H groups in total. The molecule has 122 valence electrons. The van der Waals surface area contributed by atoms with Gasteiger partial charge in [-0.25, -0.2) is 0 Å². The first-order chi connectivity index (χ1) is 10.9. The highest BCUT2D eigenvalue weighted by atomic mass is 16.3. The molecule has 0 spiro atoms. The first kappa shape index (κ1) is 16.8. The third-order valence-corrected chi connectivity index (χ3v) is 3.75. The zero-order chi connectivity index (χ0) is 17.0. The Morgan fingerprint density at radius 3 is 2.78 bits per heavy atom. The molecule has 1 aromatic heterocycles. The number of likely N-dealkylation sites (N-methyl/N-ethyl adjacent to an activating group) is 1. The van der Waals surface area contributed by atoms with Gasteiger partial charge in [0.1, 0.15) is 11.3 Å². The number of amides is 1. The highest BCUT2D eigenvalue weighted by Crippen LogP contribution is 2.24. The van der Waals surface area contributed by atoms with Crippen LogP contribution in [-0.4, -0.2) is 54.2 Å². The second-order valence-electron chi connectivity index (χ2n) is 6.11. The van der Waals surface area contributed by atoms with Gasteiger partial charge < -0.3 is 19.9 Å². The van der Waals surface area contributed by atoms with Gasteiger partial charge in [0.15, 0.2) is 0 Å². The molecule has 1 aromatic carbocycles. The van der Waals surface area contributed by atoms with Gasteiger partial charge in [0, 0.05) is 5.39 Å². The molecule has 2 aromatic rings. The van der Waals surface area contributed by atoms with E-state index in [0.717, 1.165) is 6.54 Å². The summed E-state index contributed by atoms with van der Waals surface area (Å²) in [5.41, 5.74) is -0.355. The second-order valence-corrected chi connectivity index (χ2v) is 6.11. The van der Waals surface area contributed by atoms with Crippen LogP contribution in [0.15, 0.2) is 41.7 Å². The Kier molecular flexibility index (Phi) is 4.86. The molecule has 2 rings (SSSR count). The molecule has 0 saturated heterocycles. The first-order valence-electron chi connectivity index (χ1n) is 7.41. The van der Waals surface area contributed by atoms with E-state index in [1.165, 1.54) is 0 Å². The molecule has 0 radical (unpaired) electrons. The van der Waals surface area contributed by atoms with Gasteiger partial charge in [-0.3, -0.25) is 9.59 Å². The second kappa shape index (κ2) is 6.66. The third-order valence-electron chi connectivity index (χ3n) is 3.75. The van der Waals surface area contributed by atoms with Crippen molar-refractivity contribution in [3.63, 3.8) is 0 Å². The number of aromatic hydroxyl groups is 1. The molecule has 0 atom stereocenters. The van der Waals surface area contributed by atoms with Crippen LogP contribution < -0.4 is 10.9 Å². The summed E-state index contributed by atoms with van der Waals surface area (Å²) in [7, 11) is 4.04. The van der Waals surface area contributed by atoms with Crippen molar-refractivity contribution >= 4 is 16.8 Å². The van der Waals surface area contributed by atoms with Crippen molar-refractivity contribution in [3.05, 3.63) is 52.8 Å². The number of quaternary nitrogens is 1. The fraction of sp³-hybridized carbons (Fsp3) is 0.294. The van der Waals surface area contributed by atoms with E-state index in [1.54, 1.807) is 24.3 Å². The number of benzene rings is 1. The molecule has 6 heteroatoms. The minimum absolute atomic E-state index is 0.252. The van der Waals surface area contributed by atoms with Gasteiger partial charge in [0.25, 0.3) is 11.5 Å². The summed E-state index contributed by atoms with van der Waals surface area (Å²) in [6.45, 7) is 5.56. The molecule has 0 bridgehead atoms. The number of carbonyl (C=O) groups excluding carboxylic acids is 1. The van der Waals surface area contributed by atoms with Crippen molar-refractivity contribution in [1.29, 1.82) is 0 Å². The standard InChI is InChI=1S/C17H21N3O3/c1-4-10-20(2,3)11-9-18-16(22)14-15(21)12-7-5-6-8-13(12)19-17(14)23/h4-8H,1,9-11H2,2-3H3,(H2-,18,19,21,22,23)/p+1. The van der Waals surface area contributed by atoms with Crippen LogP contribution in [0.2, 0.25) is 0 Å². The van der Waals surface area contributed by atoms with Crippen molar-refractivity contribution in [2.45, 2.75) is 0 Å². The molecular weight excluding hydrogens is 294 g/mol. The van der Waals surface area contributed by atoms with Gasteiger partial charge in [0.2, 0.25) is 0 Å². The summed E-state index contributed by atoms with van der Waals surface area (Å²) in [4.78, 5) is 26.9. The summed E-state index contributed by atoms with van der Waals surface area (Å²) in [5.74, 6) is -0.866. The number of aromatic amines is 1. The maximum Gasteiger partial charge on any atom is 0.265 e. The molecular formula is C17H22N3O3+. The average Bonchev–Trinajstić information content (AvgIpc) is 2.47. The number of pyridine rings is 1. The van der Waals surface area contributed by atoms with Crippen molar-refractivity contribution in [3.8, 4) is 5.75 Å². The topological polar surface area (TPSA) is 82.2 Å². The van der Waals surface area contributed by atoms with Gasteiger partial charge >= 0.3 is 0 Å². The lowest BCUT2D eigenvalue weighted by Crippen LogP contribution is -2.45. The van der Waals surface area contributed by atoms with Gasteiger partial charge in [-0.2, -0.15) is 0 Å². The van der Waals surface area contributed by atoms with Crippen molar-refractivity contribution in [2.24, 2.45) is 0 Å². The Morgan fingerprint density at radius 1 is 1.39 bits per heavy atom. The monoisotopic (exact) mass is 316 g/mol. The fourth-order valence-electron chi connectivity index (χ4n) is 2.44. The number of hydrogen-bond acceptors (Lipinski definition) is 3. The van der Waals surface area contributed by atoms with Crippen LogP contribution in [0.3, 0.4) is 0 Å². The Labute approximate surface area is 134 Å². The van der Waals surface area contributed by atoms with Crippen molar-refractivity contribution in [1.82, 2.24) is 10.3 Å². The largest absolute Gasteiger partial charge is 0.506 e. The Bertz CT molecular complexity index is 793. The van der Waals surface area contributed by atoms with Crippen LogP contribution in [0.5, 0.6) is 5.75 Å². The molecule has 0 aliphatic carbocycles. The minimum Gasteiger partial charge on any atom is -0.506 e. The van der Waals surface area contributed by atoms with Crippen LogP contribution in [0.4, 0.5) is 0 Å². The number of rotatable bonds is 6. The lowest BCUT2D eigenvalue weighted by molar-refractivity contribution is -0.883. The number of H-pyrrole nitrogens is 1. The number of carbonyl (C=O) groups is 1. The van der Waals surface area contributed by atoms with Crippen LogP contribution in [-0.2, 0) is 0 Å². The maximum absolute atomic E-state index is 12.3. The average molecular weight is 316 g/mol. The van der Waals surface area contributed by atoms with E-state index >= 15 is 0 Å². The summed E-state index contributed by atoms with van der Waals surface area (Å²) >= 11 is 0. The third kappa shape index (κ3) is 3.78. The van der Waals surface area contributed by atoms with E-state index in [1.807, 2.05) is 20.2 Å². The molecule has 23 heavy (non-hydrogen) atoms. The molecule has 0 unspecified atom stereocenters. The van der Waals surface area contributed by atoms with E-state index in [-0.39, 0.29) is 11.3 Å². The quantitative estimate of drug-likeness (QED) is 0.554. The first-order valence-corrected chi connectivity index (χ1v) is 7.41. The molecule has 6 nitrogen and oxygen atoms in total. The SMILES string of the molecule is C=CC[N+](C)(C)CCNC(=O)c1c(O)c2ccccc2[nH]c1=O. The summed E-state index contributed by atoms with van der Waals surface area (Å²) < 4.78 is 0.670.